The molecule has 1 atom stereocenters. The van der Waals surface area contributed by atoms with Gasteiger partial charge in [0.25, 0.3) is 5.91 Å². The summed E-state index contributed by atoms with van der Waals surface area (Å²) in [6.07, 6.45) is 5.84. The lowest BCUT2D eigenvalue weighted by Crippen LogP contribution is -2.38. The maximum atomic E-state index is 12.5. The van der Waals surface area contributed by atoms with E-state index in [2.05, 4.69) is 10.4 Å². The highest BCUT2D eigenvalue weighted by Crippen LogP contribution is 2.13. The first-order valence-electron chi connectivity index (χ1n) is 6.67. The van der Waals surface area contributed by atoms with Crippen molar-refractivity contribution in [1.82, 2.24) is 19.8 Å². The second-order valence-electron chi connectivity index (χ2n) is 5.07. The predicted molar refractivity (Wildman–Crippen MR) is 73.2 cm³/mol. The maximum Gasteiger partial charge on any atom is 0.257 e. The number of hydrogen-bond donors (Lipinski definition) is 1. The van der Waals surface area contributed by atoms with Gasteiger partial charge in [0, 0.05) is 25.8 Å². The zero-order valence-corrected chi connectivity index (χ0v) is 11.0. The van der Waals surface area contributed by atoms with Crippen molar-refractivity contribution in [3.05, 3.63) is 36.2 Å². The molecule has 3 rings (SSSR count). The number of likely N-dealkylation sites (N-methyl/N-ethyl adjacent to an activating group) is 1. The van der Waals surface area contributed by atoms with Crippen LogP contribution in [0.1, 0.15) is 23.2 Å². The molecule has 0 saturated carbocycles. The van der Waals surface area contributed by atoms with E-state index in [9.17, 15) is 4.79 Å². The van der Waals surface area contributed by atoms with Crippen molar-refractivity contribution in [2.24, 2.45) is 0 Å². The average molecular weight is 258 g/mol. The monoisotopic (exact) mass is 258 g/mol. The average Bonchev–Trinajstić information content (AvgIpc) is 3.06. The van der Waals surface area contributed by atoms with Gasteiger partial charge >= 0.3 is 0 Å². The van der Waals surface area contributed by atoms with Crippen LogP contribution in [0.15, 0.2) is 30.6 Å². The first-order chi connectivity index (χ1) is 9.25. The van der Waals surface area contributed by atoms with Gasteiger partial charge in [0.15, 0.2) is 0 Å². The zero-order valence-electron chi connectivity index (χ0n) is 11.0. The minimum Gasteiger partial charge on any atom is -0.340 e. The van der Waals surface area contributed by atoms with Crippen molar-refractivity contribution >= 4 is 11.4 Å². The van der Waals surface area contributed by atoms with E-state index in [1.54, 1.807) is 15.6 Å². The van der Waals surface area contributed by atoms with E-state index in [1.807, 2.05) is 31.4 Å². The molecule has 0 radical (unpaired) electrons. The number of hydrogen-bond acceptors (Lipinski definition) is 3. The van der Waals surface area contributed by atoms with Gasteiger partial charge in [0.05, 0.1) is 17.3 Å². The summed E-state index contributed by atoms with van der Waals surface area (Å²) in [4.78, 5) is 14.2. The van der Waals surface area contributed by atoms with Gasteiger partial charge in [0.1, 0.15) is 0 Å². The minimum atomic E-state index is 0.0369. The molecule has 1 aliphatic heterocycles. The molecule has 1 N–H and O–H groups in total. The Morgan fingerprint density at radius 3 is 3.26 bits per heavy atom. The summed E-state index contributed by atoms with van der Waals surface area (Å²) < 4.78 is 1.73. The molecule has 3 heterocycles. The van der Waals surface area contributed by atoms with Crippen molar-refractivity contribution in [1.29, 1.82) is 0 Å². The molecule has 0 aromatic carbocycles. The van der Waals surface area contributed by atoms with Gasteiger partial charge < -0.3 is 10.2 Å². The quantitative estimate of drug-likeness (QED) is 0.898. The Hall–Kier alpha value is -1.88. The van der Waals surface area contributed by atoms with Gasteiger partial charge in [-0.05, 0) is 31.5 Å². The lowest BCUT2D eigenvalue weighted by atomic mass is 10.2. The van der Waals surface area contributed by atoms with Crippen LogP contribution in [0.4, 0.5) is 0 Å². The first kappa shape index (κ1) is 12.2. The van der Waals surface area contributed by atoms with Crippen LogP contribution in [-0.2, 0) is 0 Å². The molecule has 1 fully saturated rings. The van der Waals surface area contributed by atoms with Gasteiger partial charge in [-0.15, -0.1) is 0 Å². The zero-order chi connectivity index (χ0) is 13.2. The SMILES string of the molecule is CN(CC1CCCN1)C(=O)c1cnn2ccccc12. The third-order valence-electron chi connectivity index (χ3n) is 3.66. The topological polar surface area (TPSA) is 49.6 Å². The highest BCUT2D eigenvalue weighted by Gasteiger charge is 2.21. The van der Waals surface area contributed by atoms with Crippen LogP contribution < -0.4 is 5.32 Å². The number of fused-ring (bicyclic) bond motifs is 1. The Morgan fingerprint density at radius 1 is 1.58 bits per heavy atom. The summed E-state index contributed by atoms with van der Waals surface area (Å²) in [6, 6.07) is 6.17. The van der Waals surface area contributed by atoms with Crippen LogP contribution in [0, 0.1) is 0 Å². The summed E-state index contributed by atoms with van der Waals surface area (Å²) in [5.41, 5.74) is 1.53. The van der Waals surface area contributed by atoms with Crippen LogP contribution in [0.3, 0.4) is 0 Å². The fourth-order valence-corrected chi connectivity index (χ4v) is 2.63. The molecule has 19 heavy (non-hydrogen) atoms. The fourth-order valence-electron chi connectivity index (χ4n) is 2.63. The summed E-state index contributed by atoms with van der Waals surface area (Å²) in [5, 5.41) is 7.62. The molecular weight excluding hydrogens is 240 g/mol. The number of nitrogens with zero attached hydrogens (tertiary/aromatic N) is 3. The molecule has 0 spiro atoms. The van der Waals surface area contributed by atoms with Crippen LogP contribution in [-0.4, -0.2) is 46.6 Å². The number of amides is 1. The van der Waals surface area contributed by atoms with Crippen molar-refractivity contribution in [2.75, 3.05) is 20.1 Å². The van der Waals surface area contributed by atoms with Gasteiger partial charge in [0.2, 0.25) is 0 Å². The van der Waals surface area contributed by atoms with Crippen LogP contribution in [0.5, 0.6) is 0 Å². The van der Waals surface area contributed by atoms with Crippen LogP contribution in [0.2, 0.25) is 0 Å². The second kappa shape index (κ2) is 5.01. The molecule has 1 saturated heterocycles. The number of carbonyl (C=O) groups excluding carboxylic acids is 1. The molecule has 5 heteroatoms. The van der Waals surface area contributed by atoms with Crippen LogP contribution >= 0.6 is 0 Å². The van der Waals surface area contributed by atoms with Crippen molar-refractivity contribution in [2.45, 2.75) is 18.9 Å². The molecule has 1 unspecified atom stereocenters. The lowest BCUT2D eigenvalue weighted by Gasteiger charge is -2.20. The Kier molecular flexibility index (Phi) is 3.21. The summed E-state index contributed by atoms with van der Waals surface area (Å²) in [7, 11) is 1.86. The Morgan fingerprint density at radius 2 is 2.47 bits per heavy atom. The Labute approximate surface area is 112 Å². The third kappa shape index (κ3) is 2.33. The van der Waals surface area contributed by atoms with E-state index < -0.39 is 0 Å². The molecule has 2 aromatic heterocycles. The second-order valence-corrected chi connectivity index (χ2v) is 5.07. The Balaban J connectivity index is 1.78. The highest BCUT2D eigenvalue weighted by atomic mass is 16.2. The molecular formula is C14H18N4O. The van der Waals surface area contributed by atoms with E-state index in [0.29, 0.717) is 11.6 Å². The normalized spacial score (nSPS) is 18.9. The molecule has 2 aromatic rings. The molecule has 100 valence electrons. The summed E-state index contributed by atoms with van der Waals surface area (Å²) in [6.45, 7) is 1.81. The third-order valence-corrected chi connectivity index (χ3v) is 3.66. The standard InChI is InChI=1S/C14H18N4O/c1-17(10-11-5-4-7-15-11)14(19)12-9-16-18-8-3-2-6-13(12)18/h2-3,6,8-9,11,15H,4-5,7,10H2,1H3. The predicted octanol–water partition coefficient (Wildman–Crippen LogP) is 1.16. The number of nitrogens with one attached hydrogen (secondary N) is 1. The van der Waals surface area contributed by atoms with Gasteiger partial charge in [-0.3, -0.25) is 4.79 Å². The van der Waals surface area contributed by atoms with E-state index in [1.165, 1.54) is 6.42 Å². The molecule has 5 nitrogen and oxygen atoms in total. The lowest BCUT2D eigenvalue weighted by molar-refractivity contribution is 0.0785. The molecule has 0 aliphatic carbocycles. The molecule has 0 bridgehead atoms. The smallest absolute Gasteiger partial charge is 0.257 e. The van der Waals surface area contributed by atoms with Crippen LogP contribution in [0.25, 0.3) is 5.52 Å². The highest BCUT2D eigenvalue weighted by molar-refractivity contribution is 6.00. The largest absolute Gasteiger partial charge is 0.340 e. The first-order valence-corrected chi connectivity index (χ1v) is 6.67. The summed E-state index contributed by atoms with van der Waals surface area (Å²) in [5.74, 6) is 0.0369. The number of pyridine rings is 1. The number of rotatable bonds is 3. The van der Waals surface area contributed by atoms with E-state index in [-0.39, 0.29) is 5.91 Å². The van der Waals surface area contributed by atoms with Crippen molar-refractivity contribution in [3.63, 3.8) is 0 Å². The van der Waals surface area contributed by atoms with Crippen molar-refractivity contribution < 1.29 is 4.79 Å². The fraction of sp³-hybridized carbons (Fsp3) is 0.429. The summed E-state index contributed by atoms with van der Waals surface area (Å²) >= 11 is 0. The van der Waals surface area contributed by atoms with Gasteiger partial charge in [-0.25, -0.2) is 4.52 Å². The molecule has 1 amide bonds. The van der Waals surface area contributed by atoms with E-state index in [4.69, 9.17) is 0 Å². The van der Waals surface area contributed by atoms with E-state index in [0.717, 1.165) is 25.0 Å². The number of carbonyl (C=O) groups is 1. The number of aromatic nitrogens is 2. The van der Waals surface area contributed by atoms with Crippen molar-refractivity contribution in [3.8, 4) is 0 Å². The maximum absolute atomic E-state index is 12.5. The van der Waals surface area contributed by atoms with Gasteiger partial charge in [-0.2, -0.15) is 5.10 Å². The van der Waals surface area contributed by atoms with Gasteiger partial charge in [-0.1, -0.05) is 6.07 Å². The Bertz CT molecular complexity index is 586. The molecule has 1 aliphatic rings. The minimum absolute atomic E-state index is 0.0369. The van der Waals surface area contributed by atoms with E-state index >= 15 is 0 Å².